The summed E-state index contributed by atoms with van der Waals surface area (Å²) in [4.78, 5) is 26.6. The van der Waals surface area contributed by atoms with Crippen molar-refractivity contribution in [3.8, 4) is 5.88 Å². The van der Waals surface area contributed by atoms with Gasteiger partial charge in [-0.15, -0.1) is 0 Å². The number of methoxy groups -OCH3 is 1. The molecular formula is C27H37N7O2. The Bertz CT molecular complexity index is 1100. The smallest absolute Gasteiger partial charge is 0.317 e. The molecule has 0 bridgehead atoms. The van der Waals surface area contributed by atoms with E-state index in [1.54, 1.807) is 13.3 Å². The number of aryl methyl sites for hydroxylation is 1. The van der Waals surface area contributed by atoms with Crippen LogP contribution in [0.1, 0.15) is 48.5 Å². The van der Waals surface area contributed by atoms with E-state index in [1.165, 1.54) is 5.56 Å². The molecule has 2 aromatic rings. The van der Waals surface area contributed by atoms with Gasteiger partial charge < -0.3 is 15.0 Å². The molecule has 3 aliphatic heterocycles. The van der Waals surface area contributed by atoms with Gasteiger partial charge in [-0.2, -0.15) is 0 Å². The summed E-state index contributed by atoms with van der Waals surface area (Å²) in [6.07, 6.45) is 7.89. The first-order chi connectivity index (χ1) is 17.6. The van der Waals surface area contributed by atoms with E-state index in [0.29, 0.717) is 23.8 Å². The van der Waals surface area contributed by atoms with Gasteiger partial charge >= 0.3 is 6.03 Å². The minimum Gasteiger partial charge on any atom is -0.481 e. The van der Waals surface area contributed by atoms with Crippen molar-refractivity contribution in [2.75, 3.05) is 26.7 Å². The maximum Gasteiger partial charge on any atom is 0.317 e. The third-order valence-electron chi connectivity index (χ3n) is 8.66. The summed E-state index contributed by atoms with van der Waals surface area (Å²) in [5.41, 5.74) is 10.5. The number of fused-ring (bicyclic) bond motifs is 2. The van der Waals surface area contributed by atoms with Crippen LogP contribution in [-0.2, 0) is 6.54 Å². The van der Waals surface area contributed by atoms with Crippen molar-refractivity contribution in [1.29, 1.82) is 0 Å². The molecule has 0 radical (unpaired) electrons. The lowest BCUT2D eigenvalue weighted by molar-refractivity contribution is 0.0521. The fourth-order valence-corrected chi connectivity index (χ4v) is 6.92. The van der Waals surface area contributed by atoms with Crippen LogP contribution in [0.15, 0.2) is 36.7 Å². The number of nitrogens with one attached hydrogen (secondary N) is 3. The average molecular weight is 492 g/mol. The summed E-state index contributed by atoms with van der Waals surface area (Å²) >= 11 is 0. The van der Waals surface area contributed by atoms with Crippen molar-refractivity contribution in [2.45, 2.75) is 63.3 Å². The average Bonchev–Trinajstić information content (AvgIpc) is 3.30. The molecule has 0 spiro atoms. The van der Waals surface area contributed by atoms with Gasteiger partial charge in [0.2, 0.25) is 5.88 Å². The summed E-state index contributed by atoms with van der Waals surface area (Å²) in [6, 6.07) is 9.59. The molecule has 1 aliphatic carbocycles. The number of carbonyl (C=O) groups is 1. The summed E-state index contributed by atoms with van der Waals surface area (Å²) in [5.74, 6) is 1.66. The van der Waals surface area contributed by atoms with Gasteiger partial charge in [0.15, 0.2) is 0 Å². The second-order valence-corrected chi connectivity index (χ2v) is 10.9. The Kier molecular flexibility index (Phi) is 6.54. The molecule has 2 amide bonds. The molecule has 192 valence electrons. The lowest BCUT2D eigenvalue weighted by Gasteiger charge is -2.49. The molecule has 0 aromatic carbocycles. The van der Waals surface area contributed by atoms with Crippen molar-refractivity contribution < 1.29 is 9.53 Å². The highest BCUT2D eigenvalue weighted by Crippen LogP contribution is 2.42. The lowest BCUT2D eigenvalue weighted by Crippen LogP contribution is -2.64. The van der Waals surface area contributed by atoms with E-state index in [9.17, 15) is 4.79 Å². The molecule has 3 N–H and O–H groups in total. The van der Waals surface area contributed by atoms with Gasteiger partial charge in [0.25, 0.3) is 0 Å². The molecule has 5 unspecified atom stereocenters. The lowest BCUT2D eigenvalue weighted by atomic mass is 9.71. The summed E-state index contributed by atoms with van der Waals surface area (Å²) in [6.45, 7) is 5.60. The Labute approximate surface area is 213 Å². The molecule has 3 saturated heterocycles. The standard InChI is InChI=1S/C27H37N7O2/c1-17-11-18(7-9-28-17)25-22-12-20-15-34(27(35)30-23(20)13-24(22)31-32-25)21-6-4-10-33(16-21)14-19-5-3-8-29-26(19)36-2/h3,5,7-9,11,20-25,31-32H,4,6,10,12-16H2,1-2H3,(H,30,35)/t20?,21-,22?,23?,24?,25?/m1/s1. The van der Waals surface area contributed by atoms with E-state index in [0.717, 1.165) is 63.1 Å². The second kappa shape index (κ2) is 9.95. The van der Waals surface area contributed by atoms with Crippen LogP contribution < -0.4 is 20.9 Å². The zero-order chi connectivity index (χ0) is 24.6. The number of nitrogens with zero attached hydrogens (tertiary/aromatic N) is 4. The Morgan fingerprint density at radius 2 is 2.03 bits per heavy atom. The SMILES string of the molecule is COc1ncccc1CN1CCC[C@@H](N2CC3CC4C(CC3NC2=O)NNC4c2ccnc(C)c2)C1. The highest BCUT2D eigenvalue weighted by atomic mass is 16.5. The summed E-state index contributed by atoms with van der Waals surface area (Å²) in [5, 5.41) is 3.39. The van der Waals surface area contributed by atoms with Gasteiger partial charge in [-0.1, -0.05) is 6.07 Å². The number of piperidine rings is 1. The van der Waals surface area contributed by atoms with Crippen LogP contribution in [-0.4, -0.2) is 70.7 Å². The van der Waals surface area contributed by atoms with Crippen LogP contribution >= 0.6 is 0 Å². The second-order valence-electron chi connectivity index (χ2n) is 10.9. The number of hydrogen-bond donors (Lipinski definition) is 3. The maximum absolute atomic E-state index is 13.3. The van der Waals surface area contributed by atoms with Gasteiger partial charge in [0, 0.05) is 61.4 Å². The first-order valence-corrected chi connectivity index (χ1v) is 13.3. The molecule has 2 aromatic heterocycles. The summed E-state index contributed by atoms with van der Waals surface area (Å²) in [7, 11) is 1.67. The van der Waals surface area contributed by atoms with E-state index in [1.807, 2.05) is 19.2 Å². The largest absolute Gasteiger partial charge is 0.481 e. The van der Waals surface area contributed by atoms with Crippen molar-refractivity contribution in [1.82, 2.24) is 35.9 Å². The monoisotopic (exact) mass is 491 g/mol. The third-order valence-corrected chi connectivity index (χ3v) is 8.66. The first kappa shape index (κ1) is 23.6. The van der Waals surface area contributed by atoms with Gasteiger partial charge in [-0.25, -0.2) is 15.2 Å². The molecule has 36 heavy (non-hydrogen) atoms. The number of likely N-dealkylation sites (tertiary alicyclic amines) is 1. The van der Waals surface area contributed by atoms with Crippen molar-refractivity contribution >= 4 is 6.03 Å². The molecule has 1 saturated carbocycles. The zero-order valence-corrected chi connectivity index (χ0v) is 21.2. The fourth-order valence-electron chi connectivity index (χ4n) is 6.92. The Morgan fingerprint density at radius 3 is 2.89 bits per heavy atom. The van der Waals surface area contributed by atoms with Crippen LogP contribution in [0.4, 0.5) is 4.79 Å². The van der Waals surface area contributed by atoms with E-state index in [2.05, 4.69) is 54.1 Å². The van der Waals surface area contributed by atoms with Crippen LogP contribution in [0, 0.1) is 18.8 Å². The number of amides is 2. The number of rotatable bonds is 5. The van der Waals surface area contributed by atoms with Gasteiger partial charge in [-0.3, -0.25) is 15.3 Å². The van der Waals surface area contributed by atoms with Crippen LogP contribution in [0.3, 0.4) is 0 Å². The Morgan fingerprint density at radius 1 is 1.11 bits per heavy atom. The Hall–Kier alpha value is -2.75. The maximum atomic E-state index is 13.3. The third kappa shape index (κ3) is 4.55. The van der Waals surface area contributed by atoms with Gasteiger partial charge in [-0.05, 0) is 74.8 Å². The number of ether oxygens (including phenoxy) is 1. The van der Waals surface area contributed by atoms with Crippen LogP contribution in [0.5, 0.6) is 5.88 Å². The minimum atomic E-state index is 0.104. The molecule has 4 fully saturated rings. The molecule has 4 aliphatic rings. The zero-order valence-electron chi connectivity index (χ0n) is 21.2. The van der Waals surface area contributed by atoms with E-state index < -0.39 is 0 Å². The van der Waals surface area contributed by atoms with Crippen LogP contribution in [0.2, 0.25) is 0 Å². The first-order valence-electron chi connectivity index (χ1n) is 13.3. The molecule has 5 heterocycles. The van der Waals surface area contributed by atoms with Crippen molar-refractivity contribution in [2.24, 2.45) is 11.8 Å². The number of aromatic nitrogens is 2. The van der Waals surface area contributed by atoms with Crippen LogP contribution in [0.25, 0.3) is 0 Å². The quantitative estimate of drug-likeness (QED) is 0.591. The van der Waals surface area contributed by atoms with Crippen molar-refractivity contribution in [3.63, 3.8) is 0 Å². The summed E-state index contributed by atoms with van der Waals surface area (Å²) < 4.78 is 5.46. The highest BCUT2D eigenvalue weighted by molar-refractivity contribution is 5.76. The van der Waals surface area contributed by atoms with Crippen molar-refractivity contribution in [3.05, 3.63) is 53.5 Å². The highest BCUT2D eigenvalue weighted by Gasteiger charge is 2.48. The predicted molar refractivity (Wildman–Crippen MR) is 136 cm³/mol. The molecule has 9 heteroatoms. The number of hydrogen-bond acceptors (Lipinski definition) is 7. The molecule has 6 rings (SSSR count). The minimum absolute atomic E-state index is 0.104. The number of urea groups is 1. The predicted octanol–water partition coefficient (Wildman–Crippen LogP) is 2.40. The topological polar surface area (TPSA) is 94.7 Å². The molecular weight excluding hydrogens is 454 g/mol. The number of pyridine rings is 2. The van der Waals surface area contributed by atoms with E-state index in [4.69, 9.17) is 4.74 Å². The van der Waals surface area contributed by atoms with Gasteiger partial charge in [0.1, 0.15) is 0 Å². The molecule has 9 nitrogen and oxygen atoms in total. The number of hydrazine groups is 1. The normalized spacial score (nSPS) is 32.5. The molecule has 6 atom stereocenters. The fraction of sp³-hybridized carbons (Fsp3) is 0.593. The Balaban J connectivity index is 1.13. The van der Waals surface area contributed by atoms with E-state index >= 15 is 0 Å². The number of carbonyl (C=O) groups excluding carboxylic acids is 1. The van der Waals surface area contributed by atoms with E-state index in [-0.39, 0.29) is 24.2 Å². The van der Waals surface area contributed by atoms with Gasteiger partial charge in [0.05, 0.1) is 13.2 Å².